The highest BCUT2D eigenvalue weighted by molar-refractivity contribution is 5.78. The van der Waals surface area contributed by atoms with Gasteiger partial charge in [0.1, 0.15) is 0 Å². The lowest BCUT2D eigenvalue weighted by Gasteiger charge is -2.26. The number of carbonyl (C=O) groups is 1. The molecule has 2 N–H and O–H groups in total. The van der Waals surface area contributed by atoms with Crippen molar-refractivity contribution >= 4 is 5.91 Å². The smallest absolute Gasteiger partial charge is 0.224 e. The highest BCUT2D eigenvalue weighted by Gasteiger charge is 2.21. The van der Waals surface area contributed by atoms with Crippen molar-refractivity contribution in [2.45, 2.75) is 60.0 Å². The van der Waals surface area contributed by atoms with Crippen LogP contribution in [-0.4, -0.2) is 23.7 Å². The van der Waals surface area contributed by atoms with Crippen molar-refractivity contribution in [3.8, 4) is 0 Å². The zero-order valence-corrected chi connectivity index (χ0v) is 14.6. The summed E-state index contributed by atoms with van der Waals surface area (Å²) in [5.74, 6) is 0.681. The molecule has 0 bridgehead atoms. The number of aliphatic hydroxyl groups is 1. The third kappa shape index (κ3) is 7.60. The lowest BCUT2D eigenvalue weighted by atomic mass is 9.87. The maximum Gasteiger partial charge on any atom is 0.224 e. The number of carbonyl (C=O) groups excluding carboxylic acids is 1. The zero-order valence-electron chi connectivity index (χ0n) is 14.6. The zero-order chi connectivity index (χ0) is 16.8. The lowest BCUT2D eigenvalue weighted by molar-refractivity contribution is -0.121. The monoisotopic (exact) mass is 305 g/mol. The summed E-state index contributed by atoms with van der Waals surface area (Å²) in [6.45, 7) is 10.9. The average molecular weight is 305 g/mol. The Hall–Kier alpha value is -1.35. The SMILES string of the molecule is CC(C)Cc1ccc(CC(=O)NCC(C)(C)CC(C)O)cc1. The van der Waals surface area contributed by atoms with Crippen LogP contribution >= 0.6 is 0 Å². The van der Waals surface area contributed by atoms with E-state index in [2.05, 4.69) is 45.1 Å². The van der Waals surface area contributed by atoms with Crippen molar-refractivity contribution in [3.05, 3.63) is 35.4 Å². The van der Waals surface area contributed by atoms with E-state index in [0.29, 0.717) is 25.3 Å². The van der Waals surface area contributed by atoms with Crippen molar-refractivity contribution in [3.63, 3.8) is 0 Å². The molecule has 1 atom stereocenters. The topological polar surface area (TPSA) is 49.3 Å². The van der Waals surface area contributed by atoms with Crippen LogP contribution in [0, 0.1) is 11.3 Å². The number of hydrogen-bond donors (Lipinski definition) is 2. The van der Waals surface area contributed by atoms with E-state index in [-0.39, 0.29) is 17.4 Å². The van der Waals surface area contributed by atoms with Gasteiger partial charge in [-0.3, -0.25) is 4.79 Å². The fourth-order valence-corrected chi connectivity index (χ4v) is 2.72. The van der Waals surface area contributed by atoms with E-state index in [0.717, 1.165) is 12.0 Å². The quantitative estimate of drug-likeness (QED) is 0.774. The largest absolute Gasteiger partial charge is 0.393 e. The third-order valence-electron chi connectivity index (χ3n) is 3.64. The fraction of sp³-hybridized carbons (Fsp3) is 0.632. The van der Waals surface area contributed by atoms with Crippen molar-refractivity contribution in [1.29, 1.82) is 0 Å². The first kappa shape index (κ1) is 18.7. The summed E-state index contributed by atoms with van der Waals surface area (Å²) in [6.07, 6.45) is 1.81. The molecule has 0 heterocycles. The number of benzene rings is 1. The molecule has 0 radical (unpaired) electrons. The van der Waals surface area contributed by atoms with Crippen LogP contribution in [0.4, 0.5) is 0 Å². The molecule has 1 rings (SSSR count). The second-order valence-electron chi connectivity index (χ2n) is 7.59. The molecule has 0 saturated carbocycles. The molecule has 1 unspecified atom stereocenters. The van der Waals surface area contributed by atoms with Crippen molar-refractivity contribution in [2.75, 3.05) is 6.54 Å². The first-order valence-electron chi connectivity index (χ1n) is 8.20. The summed E-state index contributed by atoms with van der Waals surface area (Å²) in [5, 5.41) is 12.4. The Bertz CT molecular complexity index is 461. The van der Waals surface area contributed by atoms with Gasteiger partial charge in [0.05, 0.1) is 12.5 Å². The van der Waals surface area contributed by atoms with E-state index in [1.165, 1.54) is 5.56 Å². The predicted molar refractivity (Wildman–Crippen MR) is 91.8 cm³/mol. The molecule has 0 aliphatic heterocycles. The molecule has 0 spiro atoms. The molecule has 3 nitrogen and oxygen atoms in total. The van der Waals surface area contributed by atoms with Crippen molar-refractivity contribution in [2.24, 2.45) is 11.3 Å². The Kier molecular flexibility index (Phi) is 7.08. The molecule has 0 aliphatic rings. The van der Waals surface area contributed by atoms with Crippen LogP contribution in [0.15, 0.2) is 24.3 Å². The van der Waals surface area contributed by atoms with Gasteiger partial charge in [-0.05, 0) is 42.2 Å². The van der Waals surface area contributed by atoms with Gasteiger partial charge < -0.3 is 10.4 Å². The van der Waals surface area contributed by atoms with Gasteiger partial charge in [0.25, 0.3) is 0 Å². The van der Waals surface area contributed by atoms with E-state index < -0.39 is 0 Å². The summed E-state index contributed by atoms with van der Waals surface area (Å²) in [4.78, 5) is 12.0. The number of nitrogens with one attached hydrogen (secondary N) is 1. The summed E-state index contributed by atoms with van der Waals surface area (Å²) in [5.41, 5.74) is 2.26. The van der Waals surface area contributed by atoms with Gasteiger partial charge in [-0.1, -0.05) is 52.0 Å². The molecular weight excluding hydrogens is 274 g/mol. The van der Waals surface area contributed by atoms with Crippen LogP contribution in [0.25, 0.3) is 0 Å². The minimum atomic E-state index is -0.347. The van der Waals surface area contributed by atoms with Gasteiger partial charge in [-0.2, -0.15) is 0 Å². The Morgan fingerprint density at radius 3 is 2.18 bits per heavy atom. The summed E-state index contributed by atoms with van der Waals surface area (Å²) < 4.78 is 0. The van der Waals surface area contributed by atoms with E-state index in [1.807, 2.05) is 12.1 Å². The predicted octanol–water partition coefficient (Wildman–Crippen LogP) is 3.34. The molecule has 3 heteroatoms. The van der Waals surface area contributed by atoms with Crippen LogP contribution < -0.4 is 5.32 Å². The number of amides is 1. The molecular formula is C19H31NO2. The van der Waals surface area contributed by atoms with Crippen molar-refractivity contribution in [1.82, 2.24) is 5.32 Å². The van der Waals surface area contributed by atoms with Crippen LogP contribution in [0.1, 0.15) is 52.2 Å². The van der Waals surface area contributed by atoms with E-state index in [9.17, 15) is 9.90 Å². The Morgan fingerprint density at radius 1 is 1.14 bits per heavy atom. The van der Waals surface area contributed by atoms with Gasteiger partial charge in [-0.25, -0.2) is 0 Å². The van der Waals surface area contributed by atoms with E-state index in [1.54, 1.807) is 6.92 Å². The minimum absolute atomic E-state index is 0.0373. The van der Waals surface area contributed by atoms with Crippen LogP contribution in [0.3, 0.4) is 0 Å². The van der Waals surface area contributed by atoms with Crippen molar-refractivity contribution < 1.29 is 9.90 Å². The molecule has 0 fully saturated rings. The Balaban J connectivity index is 2.45. The minimum Gasteiger partial charge on any atom is -0.393 e. The molecule has 22 heavy (non-hydrogen) atoms. The van der Waals surface area contributed by atoms with Gasteiger partial charge in [-0.15, -0.1) is 0 Å². The number of rotatable bonds is 8. The summed E-state index contributed by atoms with van der Waals surface area (Å²) in [7, 11) is 0. The van der Waals surface area contributed by atoms with E-state index in [4.69, 9.17) is 0 Å². The molecule has 0 aromatic heterocycles. The molecule has 0 aliphatic carbocycles. The van der Waals surface area contributed by atoms with Crippen LogP contribution in [-0.2, 0) is 17.6 Å². The maximum absolute atomic E-state index is 12.0. The second kappa shape index (κ2) is 8.33. The maximum atomic E-state index is 12.0. The summed E-state index contributed by atoms with van der Waals surface area (Å²) >= 11 is 0. The lowest BCUT2D eigenvalue weighted by Crippen LogP contribution is -2.36. The fourth-order valence-electron chi connectivity index (χ4n) is 2.72. The molecule has 0 saturated heterocycles. The highest BCUT2D eigenvalue weighted by Crippen LogP contribution is 2.21. The molecule has 1 aromatic rings. The van der Waals surface area contributed by atoms with E-state index >= 15 is 0 Å². The average Bonchev–Trinajstić information content (AvgIpc) is 2.37. The van der Waals surface area contributed by atoms with Crippen LogP contribution in [0.2, 0.25) is 0 Å². The van der Waals surface area contributed by atoms with Crippen LogP contribution in [0.5, 0.6) is 0 Å². The first-order chi connectivity index (χ1) is 10.2. The Labute approximate surface area is 135 Å². The third-order valence-corrected chi connectivity index (χ3v) is 3.64. The number of aliphatic hydroxyl groups excluding tert-OH is 1. The summed E-state index contributed by atoms with van der Waals surface area (Å²) in [6, 6.07) is 8.30. The van der Waals surface area contributed by atoms with Gasteiger partial charge in [0, 0.05) is 6.54 Å². The Morgan fingerprint density at radius 2 is 1.68 bits per heavy atom. The second-order valence-corrected chi connectivity index (χ2v) is 7.59. The molecule has 124 valence electrons. The normalized spacial score (nSPS) is 13.2. The number of hydrogen-bond acceptors (Lipinski definition) is 2. The van der Waals surface area contributed by atoms with Gasteiger partial charge in [0.2, 0.25) is 5.91 Å². The standard InChI is InChI=1S/C19H31NO2/c1-14(2)10-16-6-8-17(9-7-16)11-18(22)20-13-19(4,5)12-15(3)21/h6-9,14-15,21H,10-13H2,1-5H3,(H,20,22). The van der Waals surface area contributed by atoms with Gasteiger partial charge in [0.15, 0.2) is 0 Å². The molecule has 1 aromatic carbocycles. The first-order valence-corrected chi connectivity index (χ1v) is 8.20. The molecule has 1 amide bonds. The van der Waals surface area contributed by atoms with Gasteiger partial charge >= 0.3 is 0 Å². The highest BCUT2D eigenvalue weighted by atomic mass is 16.3.